The summed E-state index contributed by atoms with van der Waals surface area (Å²) in [5.74, 6) is -4.84. The Hall–Kier alpha value is -2.64. The van der Waals surface area contributed by atoms with Crippen molar-refractivity contribution < 1.29 is 18.0 Å². The highest BCUT2D eigenvalue weighted by molar-refractivity contribution is 6.03. The lowest BCUT2D eigenvalue weighted by atomic mass is 9.96. The van der Waals surface area contributed by atoms with Crippen LogP contribution in [0.5, 0.6) is 0 Å². The molecule has 0 radical (unpaired) electrons. The second-order valence-corrected chi connectivity index (χ2v) is 5.92. The minimum absolute atomic E-state index is 0.00237. The molecule has 5 nitrogen and oxygen atoms in total. The number of carbonyl (C=O) groups is 1. The summed E-state index contributed by atoms with van der Waals surface area (Å²) in [5.41, 5.74) is -0.457. The average Bonchev–Trinajstić information content (AvgIpc) is 2.63. The fourth-order valence-corrected chi connectivity index (χ4v) is 2.79. The number of hydrogen-bond acceptors (Lipinski definition) is 4. The van der Waals surface area contributed by atoms with E-state index in [1.54, 1.807) is 0 Å². The highest BCUT2D eigenvalue weighted by atomic mass is 19.2. The number of amides is 1. The minimum Gasteiger partial charge on any atom is -0.351 e. The van der Waals surface area contributed by atoms with Gasteiger partial charge in [0.2, 0.25) is 5.95 Å². The molecule has 1 heterocycles. The lowest BCUT2D eigenvalue weighted by Gasteiger charge is -2.22. The normalized spacial score (nSPS) is 15.0. The first-order valence-electron chi connectivity index (χ1n) is 8.09. The van der Waals surface area contributed by atoms with Crippen molar-refractivity contribution in [1.29, 1.82) is 0 Å². The Morgan fingerprint density at radius 2 is 1.80 bits per heavy atom. The monoisotopic (exact) mass is 350 g/mol. The van der Waals surface area contributed by atoms with Gasteiger partial charge in [-0.1, -0.05) is 19.3 Å². The quantitative estimate of drug-likeness (QED) is 0.821. The van der Waals surface area contributed by atoms with E-state index in [0.717, 1.165) is 37.8 Å². The summed E-state index contributed by atoms with van der Waals surface area (Å²) in [5, 5.41) is 5.37. The third-order valence-corrected chi connectivity index (χ3v) is 4.11. The van der Waals surface area contributed by atoms with Gasteiger partial charge in [0.25, 0.3) is 5.91 Å². The van der Waals surface area contributed by atoms with Crippen molar-refractivity contribution in [2.24, 2.45) is 0 Å². The van der Waals surface area contributed by atoms with Gasteiger partial charge in [0.05, 0.1) is 5.69 Å². The predicted molar refractivity (Wildman–Crippen MR) is 86.8 cm³/mol. The van der Waals surface area contributed by atoms with Gasteiger partial charge in [0.15, 0.2) is 17.5 Å². The van der Waals surface area contributed by atoms with Crippen LogP contribution in [0.2, 0.25) is 0 Å². The largest absolute Gasteiger partial charge is 0.351 e. The van der Waals surface area contributed by atoms with Gasteiger partial charge in [0, 0.05) is 12.2 Å². The molecule has 2 aromatic rings. The van der Waals surface area contributed by atoms with E-state index in [0.29, 0.717) is 5.95 Å². The summed E-state index contributed by atoms with van der Waals surface area (Å²) in [6, 6.07) is 3.31. The zero-order chi connectivity index (χ0) is 17.8. The molecule has 1 aromatic heterocycles. The molecular formula is C17H17F3N4O. The highest BCUT2D eigenvalue weighted by Gasteiger charge is 2.18. The van der Waals surface area contributed by atoms with E-state index in [4.69, 9.17) is 0 Å². The maximum Gasteiger partial charge on any atom is 0.274 e. The van der Waals surface area contributed by atoms with Crippen LogP contribution in [0.1, 0.15) is 42.6 Å². The average molecular weight is 350 g/mol. The lowest BCUT2D eigenvalue weighted by molar-refractivity contribution is 0.102. The second kappa shape index (κ2) is 7.50. The molecule has 2 N–H and O–H groups in total. The van der Waals surface area contributed by atoms with Gasteiger partial charge in [-0.3, -0.25) is 4.79 Å². The standard InChI is InChI=1S/C17H17F3N4O/c18-11-6-7-12(15(20)14(11)19)23-16(25)13-8-9-21-17(24-13)22-10-4-2-1-3-5-10/h6-10H,1-5H2,(H,23,25)(H,21,22,24). The summed E-state index contributed by atoms with van der Waals surface area (Å²) in [4.78, 5) is 20.4. The molecular weight excluding hydrogens is 333 g/mol. The number of halogens is 3. The maximum atomic E-state index is 13.7. The van der Waals surface area contributed by atoms with E-state index >= 15 is 0 Å². The number of benzene rings is 1. The van der Waals surface area contributed by atoms with Gasteiger partial charge < -0.3 is 10.6 Å². The first-order chi connectivity index (χ1) is 12.0. The van der Waals surface area contributed by atoms with Crippen molar-refractivity contribution >= 4 is 17.5 Å². The van der Waals surface area contributed by atoms with Crippen LogP contribution in [0.3, 0.4) is 0 Å². The number of carbonyl (C=O) groups excluding carboxylic acids is 1. The molecule has 1 aromatic carbocycles. The van der Waals surface area contributed by atoms with Crippen LogP contribution in [0.4, 0.5) is 24.8 Å². The third kappa shape index (κ3) is 4.07. The molecule has 0 spiro atoms. The smallest absolute Gasteiger partial charge is 0.274 e. The molecule has 1 fully saturated rings. The van der Waals surface area contributed by atoms with Crippen LogP contribution < -0.4 is 10.6 Å². The number of aromatic nitrogens is 2. The van der Waals surface area contributed by atoms with Crippen LogP contribution >= 0.6 is 0 Å². The van der Waals surface area contributed by atoms with Crippen LogP contribution in [-0.4, -0.2) is 21.9 Å². The summed E-state index contributed by atoms with van der Waals surface area (Å²) in [6.07, 6.45) is 6.91. The molecule has 1 amide bonds. The van der Waals surface area contributed by atoms with Gasteiger partial charge in [-0.25, -0.2) is 23.1 Å². The van der Waals surface area contributed by atoms with Crippen molar-refractivity contribution in [3.63, 3.8) is 0 Å². The summed E-state index contributed by atoms with van der Waals surface area (Å²) in [7, 11) is 0. The van der Waals surface area contributed by atoms with E-state index in [-0.39, 0.29) is 11.7 Å². The number of nitrogens with zero attached hydrogens (tertiary/aromatic N) is 2. The first-order valence-corrected chi connectivity index (χ1v) is 8.09. The molecule has 0 saturated heterocycles. The Kier molecular flexibility index (Phi) is 5.16. The summed E-state index contributed by atoms with van der Waals surface area (Å²) < 4.78 is 39.8. The number of nitrogens with one attached hydrogen (secondary N) is 2. The maximum absolute atomic E-state index is 13.7. The van der Waals surface area contributed by atoms with Crippen molar-refractivity contribution in [2.75, 3.05) is 10.6 Å². The van der Waals surface area contributed by atoms with Crippen LogP contribution in [-0.2, 0) is 0 Å². The van der Waals surface area contributed by atoms with E-state index in [9.17, 15) is 18.0 Å². The third-order valence-electron chi connectivity index (χ3n) is 4.11. The Bertz CT molecular complexity index is 778. The molecule has 25 heavy (non-hydrogen) atoms. The Morgan fingerprint density at radius 1 is 1.04 bits per heavy atom. The Balaban J connectivity index is 1.72. The van der Waals surface area contributed by atoms with Gasteiger partial charge in [0.1, 0.15) is 5.69 Å². The molecule has 132 valence electrons. The SMILES string of the molecule is O=C(Nc1ccc(F)c(F)c1F)c1ccnc(NC2CCCCC2)n1. The zero-order valence-electron chi connectivity index (χ0n) is 13.4. The molecule has 1 saturated carbocycles. The van der Waals surface area contributed by atoms with Gasteiger partial charge in [-0.05, 0) is 31.0 Å². The number of rotatable bonds is 4. The summed E-state index contributed by atoms with van der Waals surface area (Å²) in [6.45, 7) is 0. The number of anilines is 2. The number of hydrogen-bond donors (Lipinski definition) is 2. The zero-order valence-corrected chi connectivity index (χ0v) is 13.4. The van der Waals surface area contributed by atoms with Crippen molar-refractivity contribution in [3.8, 4) is 0 Å². The van der Waals surface area contributed by atoms with Gasteiger partial charge in [-0.15, -0.1) is 0 Å². The van der Waals surface area contributed by atoms with E-state index in [1.807, 2.05) is 0 Å². The molecule has 0 unspecified atom stereocenters. The van der Waals surface area contributed by atoms with E-state index in [2.05, 4.69) is 20.6 Å². The fraction of sp³-hybridized carbons (Fsp3) is 0.353. The van der Waals surface area contributed by atoms with Crippen molar-refractivity contribution in [2.45, 2.75) is 38.1 Å². The summed E-state index contributed by atoms with van der Waals surface area (Å²) >= 11 is 0. The molecule has 1 aliphatic carbocycles. The van der Waals surface area contributed by atoms with Crippen LogP contribution in [0.25, 0.3) is 0 Å². The Morgan fingerprint density at radius 3 is 2.56 bits per heavy atom. The van der Waals surface area contributed by atoms with E-state index in [1.165, 1.54) is 18.7 Å². The van der Waals surface area contributed by atoms with E-state index < -0.39 is 29.0 Å². The van der Waals surface area contributed by atoms with Crippen molar-refractivity contribution in [1.82, 2.24) is 9.97 Å². The highest BCUT2D eigenvalue weighted by Crippen LogP contribution is 2.21. The Labute approximate surface area is 142 Å². The van der Waals surface area contributed by atoms with Crippen molar-refractivity contribution in [3.05, 3.63) is 47.5 Å². The fourth-order valence-electron chi connectivity index (χ4n) is 2.79. The topological polar surface area (TPSA) is 66.9 Å². The molecule has 0 atom stereocenters. The van der Waals surface area contributed by atoms with Gasteiger partial charge in [-0.2, -0.15) is 0 Å². The first kappa shape index (κ1) is 17.2. The second-order valence-electron chi connectivity index (χ2n) is 5.92. The molecule has 3 rings (SSSR count). The molecule has 8 heteroatoms. The molecule has 0 bridgehead atoms. The predicted octanol–water partition coefficient (Wildman–Crippen LogP) is 3.89. The molecule has 1 aliphatic rings. The van der Waals surface area contributed by atoms with Crippen LogP contribution in [0, 0.1) is 17.5 Å². The van der Waals surface area contributed by atoms with Crippen LogP contribution in [0.15, 0.2) is 24.4 Å². The lowest BCUT2D eigenvalue weighted by Crippen LogP contribution is -2.24. The van der Waals surface area contributed by atoms with Gasteiger partial charge >= 0.3 is 0 Å². The minimum atomic E-state index is -1.64. The molecule has 0 aliphatic heterocycles.